The van der Waals surface area contributed by atoms with Gasteiger partial charge in [-0.1, -0.05) is 19.1 Å². The van der Waals surface area contributed by atoms with E-state index in [-0.39, 0.29) is 6.61 Å². The number of fused-ring (bicyclic) bond motifs is 3. The lowest BCUT2D eigenvalue weighted by Crippen LogP contribution is -2.12. The fourth-order valence-corrected chi connectivity index (χ4v) is 3.09. The van der Waals surface area contributed by atoms with Gasteiger partial charge in [0.15, 0.2) is 5.65 Å². The summed E-state index contributed by atoms with van der Waals surface area (Å²) in [5.41, 5.74) is 5.28. The largest absolute Gasteiger partial charge is 0.396 e. The first-order valence-electron chi connectivity index (χ1n) is 7.90. The fraction of sp³-hybridized carbons (Fsp3) is 0.333. The van der Waals surface area contributed by atoms with Crippen LogP contribution in [0.3, 0.4) is 0 Å². The number of para-hydroxylation sites is 2. The van der Waals surface area contributed by atoms with Gasteiger partial charge in [0.05, 0.1) is 16.6 Å². The zero-order valence-corrected chi connectivity index (χ0v) is 13.4. The van der Waals surface area contributed by atoms with Crippen LogP contribution in [0.2, 0.25) is 0 Å². The summed E-state index contributed by atoms with van der Waals surface area (Å²) in [4.78, 5) is 4.66. The summed E-state index contributed by atoms with van der Waals surface area (Å²) >= 11 is 0. The summed E-state index contributed by atoms with van der Waals surface area (Å²) in [5, 5.41) is 22.1. The van der Waals surface area contributed by atoms with Gasteiger partial charge >= 0.3 is 0 Å². The van der Waals surface area contributed by atoms with Gasteiger partial charge in [0.25, 0.3) is 0 Å². The third kappa shape index (κ3) is 2.41. The average Bonchev–Trinajstić information content (AvgIpc) is 2.94. The van der Waals surface area contributed by atoms with Crippen molar-refractivity contribution in [1.29, 1.82) is 5.26 Å². The van der Waals surface area contributed by atoms with Gasteiger partial charge in [-0.05, 0) is 43.0 Å². The smallest absolute Gasteiger partial charge is 0.157 e. The highest BCUT2D eigenvalue weighted by Crippen LogP contribution is 2.31. The monoisotopic (exact) mass is 308 g/mol. The molecule has 0 radical (unpaired) electrons. The molecule has 0 fully saturated rings. The van der Waals surface area contributed by atoms with E-state index >= 15 is 0 Å². The predicted octanol–water partition coefficient (Wildman–Crippen LogP) is 3.02. The van der Waals surface area contributed by atoms with Gasteiger partial charge in [-0.25, -0.2) is 4.98 Å². The highest BCUT2D eigenvalue weighted by molar-refractivity contribution is 5.86. The number of pyridine rings is 1. The number of nitrogens with zero attached hydrogens (tertiary/aromatic N) is 3. The first kappa shape index (κ1) is 15.3. The number of benzene rings is 1. The second kappa shape index (κ2) is 6.27. The van der Waals surface area contributed by atoms with Gasteiger partial charge in [-0.15, -0.1) is 0 Å². The number of nitriles is 1. The molecule has 0 aliphatic rings. The SMILES string of the molecule is CCc1c(C)c(C#N)c2nc3ccccc3n2c1NCCCO. The number of aliphatic hydroxyl groups excluding tert-OH is 1. The number of nitrogens with one attached hydrogen (secondary N) is 1. The minimum absolute atomic E-state index is 0.150. The Morgan fingerprint density at radius 3 is 2.83 bits per heavy atom. The molecule has 2 N–H and O–H groups in total. The van der Waals surface area contributed by atoms with Crippen LogP contribution < -0.4 is 5.32 Å². The van der Waals surface area contributed by atoms with Crippen LogP contribution in [0.4, 0.5) is 5.82 Å². The molecule has 0 saturated carbocycles. The number of rotatable bonds is 5. The highest BCUT2D eigenvalue weighted by Gasteiger charge is 2.19. The van der Waals surface area contributed by atoms with Crippen molar-refractivity contribution >= 4 is 22.5 Å². The van der Waals surface area contributed by atoms with Crippen LogP contribution in [0.15, 0.2) is 24.3 Å². The second-order valence-corrected chi connectivity index (χ2v) is 5.56. The van der Waals surface area contributed by atoms with Crippen LogP contribution >= 0.6 is 0 Å². The second-order valence-electron chi connectivity index (χ2n) is 5.56. The molecular formula is C18H20N4O. The van der Waals surface area contributed by atoms with Gasteiger partial charge in [0, 0.05) is 13.2 Å². The summed E-state index contributed by atoms with van der Waals surface area (Å²) < 4.78 is 2.04. The van der Waals surface area contributed by atoms with Crippen LogP contribution in [0.5, 0.6) is 0 Å². The van der Waals surface area contributed by atoms with Crippen LogP contribution in [0.1, 0.15) is 30.0 Å². The Hall–Kier alpha value is -2.58. The molecule has 0 saturated heterocycles. The summed E-state index contributed by atoms with van der Waals surface area (Å²) in [6.45, 7) is 4.90. The van der Waals surface area contributed by atoms with Crippen molar-refractivity contribution in [2.75, 3.05) is 18.5 Å². The van der Waals surface area contributed by atoms with Crippen molar-refractivity contribution in [3.8, 4) is 6.07 Å². The topological polar surface area (TPSA) is 73.4 Å². The Labute approximate surface area is 135 Å². The lowest BCUT2D eigenvalue weighted by molar-refractivity contribution is 0.292. The first-order chi connectivity index (χ1) is 11.2. The molecule has 2 heterocycles. The van der Waals surface area contributed by atoms with E-state index in [1.165, 1.54) is 0 Å². The zero-order valence-electron chi connectivity index (χ0n) is 13.4. The third-order valence-corrected chi connectivity index (χ3v) is 4.21. The maximum Gasteiger partial charge on any atom is 0.157 e. The first-order valence-corrected chi connectivity index (χ1v) is 7.90. The maximum atomic E-state index is 9.61. The summed E-state index contributed by atoms with van der Waals surface area (Å²) in [6, 6.07) is 10.2. The molecule has 118 valence electrons. The van der Waals surface area contributed by atoms with Crippen LogP contribution in [0, 0.1) is 18.3 Å². The Morgan fingerprint density at radius 1 is 1.35 bits per heavy atom. The molecule has 0 bridgehead atoms. The minimum Gasteiger partial charge on any atom is -0.396 e. The Morgan fingerprint density at radius 2 is 2.13 bits per heavy atom. The molecule has 3 rings (SSSR count). The number of hydrogen-bond acceptors (Lipinski definition) is 4. The van der Waals surface area contributed by atoms with E-state index in [9.17, 15) is 5.26 Å². The molecule has 23 heavy (non-hydrogen) atoms. The number of aliphatic hydroxyl groups is 1. The van der Waals surface area contributed by atoms with Crippen LogP contribution in [-0.4, -0.2) is 27.6 Å². The van der Waals surface area contributed by atoms with Gasteiger partial charge in [-0.2, -0.15) is 5.26 Å². The molecule has 0 atom stereocenters. The zero-order chi connectivity index (χ0) is 16.4. The number of aromatic nitrogens is 2. The van der Waals surface area contributed by atoms with E-state index in [1.54, 1.807) is 0 Å². The standard InChI is InChI=1S/C18H20N4O/c1-3-13-12(2)14(11-19)18-21-15-7-4-5-8-16(15)22(18)17(13)20-9-6-10-23/h4-5,7-8,20,23H,3,6,9-10H2,1-2H3. The van der Waals surface area contributed by atoms with E-state index in [0.717, 1.165) is 34.4 Å². The lowest BCUT2D eigenvalue weighted by atomic mass is 10.0. The third-order valence-electron chi connectivity index (χ3n) is 4.21. The highest BCUT2D eigenvalue weighted by atomic mass is 16.3. The maximum absolute atomic E-state index is 9.61. The number of anilines is 1. The van der Waals surface area contributed by atoms with Crippen molar-refractivity contribution in [3.63, 3.8) is 0 Å². The fourth-order valence-electron chi connectivity index (χ4n) is 3.09. The van der Waals surface area contributed by atoms with Crippen molar-refractivity contribution in [2.24, 2.45) is 0 Å². The Balaban J connectivity index is 2.39. The molecule has 0 amide bonds. The summed E-state index contributed by atoms with van der Waals surface area (Å²) in [7, 11) is 0. The molecule has 1 aromatic carbocycles. The number of hydrogen-bond donors (Lipinski definition) is 2. The van der Waals surface area contributed by atoms with Crippen molar-refractivity contribution < 1.29 is 5.11 Å². The van der Waals surface area contributed by atoms with Crippen molar-refractivity contribution in [1.82, 2.24) is 9.38 Å². The molecule has 0 aliphatic carbocycles. The van der Waals surface area contributed by atoms with Crippen molar-refractivity contribution in [3.05, 3.63) is 41.0 Å². The normalized spacial score (nSPS) is 11.0. The minimum atomic E-state index is 0.150. The van der Waals surface area contributed by atoms with Crippen molar-refractivity contribution in [2.45, 2.75) is 26.7 Å². The predicted molar refractivity (Wildman–Crippen MR) is 91.7 cm³/mol. The molecular weight excluding hydrogens is 288 g/mol. The summed E-state index contributed by atoms with van der Waals surface area (Å²) in [6.07, 6.45) is 1.50. The Kier molecular flexibility index (Phi) is 4.18. The quantitative estimate of drug-likeness (QED) is 0.711. The molecule has 3 aromatic rings. The molecule has 5 nitrogen and oxygen atoms in total. The van der Waals surface area contributed by atoms with Crippen LogP contribution in [0.25, 0.3) is 16.7 Å². The Bertz CT molecular complexity index is 905. The van der Waals surface area contributed by atoms with E-state index in [2.05, 4.69) is 23.3 Å². The van der Waals surface area contributed by atoms with E-state index in [0.29, 0.717) is 24.2 Å². The van der Waals surface area contributed by atoms with Crippen LogP contribution in [-0.2, 0) is 6.42 Å². The van der Waals surface area contributed by atoms with E-state index in [1.807, 2.05) is 35.6 Å². The average molecular weight is 308 g/mol. The van der Waals surface area contributed by atoms with Gasteiger partial charge in [0.2, 0.25) is 0 Å². The lowest BCUT2D eigenvalue weighted by Gasteiger charge is -2.17. The number of imidazole rings is 1. The molecule has 2 aromatic heterocycles. The van der Waals surface area contributed by atoms with Gasteiger partial charge in [0.1, 0.15) is 11.9 Å². The van der Waals surface area contributed by atoms with E-state index < -0.39 is 0 Å². The van der Waals surface area contributed by atoms with E-state index in [4.69, 9.17) is 5.11 Å². The molecule has 0 unspecified atom stereocenters. The molecule has 5 heteroatoms. The van der Waals surface area contributed by atoms with Gasteiger partial charge in [-0.3, -0.25) is 4.40 Å². The summed E-state index contributed by atoms with van der Waals surface area (Å²) in [5.74, 6) is 0.973. The molecule has 0 spiro atoms. The van der Waals surface area contributed by atoms with Gasteiger partial charge < -0.3 is 10.4 Å². The molecule has 0 aliphatic heterocycles.